The molecule has 16 heavy (non-hydrogen) atoms. The number of hydrogen-bond acceptors (Lipinski definition) is 4. The predicted octanol–water partition coefficient (Wildman–Crippen LogP) is 1.20. The van der Waals surface area contributed by atoms with Crippen LogP contribution < -0.4 is 10.5 Å². The highest BCUT2D eigenvalue weighted by molar-refractivity contribution is 5.52. The molecule has 0 unspecified atom stereocenters. The van der Waals surface area contributed by atoms with Crippen molar-refractivity contribution < 1.29 is 18.6 Å². The predicted molar refractivity (Wildman–Crippen MR) is 56.8 cm³/mol. The molecule has 0 saturated carbocycles. The lowest BCUT2D eigenvalue weighted by atomic mass is 10.2. The van der Waals surface area contributed by atoms with Crippen molar-refractivity contribution in [1.29, 1.82) is 0 Å². The zero-order chi connectivity index (χ0) is 11.5. The van der Waals surface area contributed by atoms with Crippen LogP contribution in [-0.2, 0) is 9.47 Å². The van der Waals surface area contributed by atoms with Crippen LogP contribution in [0.1, 0.15) is 0 Å². The molecule has 1 saturated heterocycles. The first-order chi connectivity index (χ1) is 7.70. The van der Waals surface area contributed by atoms with Gasteiger partial charge in [-0.1, -0.05) is 0 Å². The third-order valence-electron chi connectivity index (χ3n) is 2.54. The normalized spacial score (nSPS) is 24.6. The number of nitrogen functional groups attached to an aromatic ring is 1. The zero-order valence-corrected chi connectivity index (χ0v) is 8.98. The van der Waals surface area contributed by atoms with Gasteiger partial charge in [-0.15, -0.1) is 0 Å². The molecule has 0 aliphatic carbocycles. The van der Waals surface area contributed by atoms with Crippen molar-refractivity contribution in [2.75, 3.05) is 26.1 Å². The van der Waals surface area contributed by atoms with E-state index in [9.17, 15) is 4.39 Å². The van der Waals surface area contributed by atoms with Crippen LogP contribution >= 0.6 is 0 Å². The maximum atomic E-state index is 13.0. The minimum atomic E-state index is -0.378. The number of nitrogens with two attached hydrogens (primary N) is 1. The van der Waals surface area contributed by atoms with E-state index in [-0.39, 0.29) is 18.0 Å². The Bertz CT molecular complexity index is 372. The van der Waals surface area contributed by atoms with E-state index in [2.05, 4.69) is 0 Å². The second-order valence-corrected chi connectivity index (χ2v) is 3.65. The fourth-order valence-electron chi connectivity index (χ4n) is 1.62. The number of benzene rings is 1. The zero-order valence-electron chi connectivity index (χ0n) is 8.98. The van der Waals surface area contributed by atoms with Gasteiger partial charge < -0.3 is 19.9 Å². The molecular formula is C11H14FNO3. The van der Waals surface area contributed by atoms with Gasteiger partial charge in [0.2, 0.25) is 0 Å². The monoisotopic (exact) mass is 227 g/mol. The van der Waals surface area contributed by atoms with Gasteiger partial charge in [0, 0.05) is 13.2 Å². The third-order valence-corrected chi connectivity index (χ3v) is 2.54. The van der Waals surface area contributed by atoms with E-state index < -0.39 is 0 Å². The minimum Gasteiger partial charge on any atom is -0.483 e. The van der Waals surface area contributed by atoms with E-state index >= 15 is 0 Å². The number of methoxy groups -OCH3 is 1. The van der Waals surface area contributed by atoms with Crippen molar-refractivity contribution in [3.63, 3.8) is 0 Å². The average Bonchev–Trinajstić information content (AvgIpc) is 2.71. The van der Waals surface area contributed by atoms with Crippen LogP contribution in [0.5, 0.6) is 5.75 Å². The minimum absolute atomic E-state index is 0.136. The average molecular weight is 227 g/mol. The molecule has 0 spiro atoms. The summed E-state index contributed by atoms with van der Waals surface area (Å²) < 4.78 is 29.0. The van der Waals surface area contributed by atoms with E-state index in [1.165, 1.54) is 18.2 Å². The van der Waals surface area contributed by atoms with E-state index in [0.29, 0.717) is 24.7 Å². The van der Waals surface area contributed by atoms with Gasteiger partial charge in [0.15, 0.2) is 6.10 Å². The van der Waals surface area contributed by atoms with Crippen molar-refractivity contribution >= 4 is 5.69 Å². The molecule has 2 atom stereocenters. The number of hydrogen-bond donors (Lipinski definition) is 1. The molecule has 0 radical (unpaired) electrons. The summed E-state index contributed by atoms with van der Waals surface area (Å²) in [5.41, 5.74) is 6.09. The van der Waals surface area contributed by atoms with E-state index in [1.807, 2.05) is 0 Å². The Morgan fingerprint density at radius 1 is 1.38 bits per heavy atom. The van der Waals surface area contributed by atoms with E-state index in [1.54, 1.807) is 7.11 Å². The lowest BCUT2D eigenvalue weighted by Crippen LogP contribution is -2.31. The summed E-state index contributed by atoms with van der Waals surface area (Å²) in [5, 5.41) is 0. The molecule has 1 aromatic carbocycles. The second-order valence-electron chi connectivity index (χ2n) is 3.65. The molecule has 5 heteroatoms. The van der Waals surface area contributed by atoms with Crippen molar-refractivity contribution in [3.05, 3.63) is 24.0 Å². The van der Waals surface area contributed by atoms with Crippen LogP contribution in [0.2, 0.25) is 0 Å². The summed E-state index contributed by atoms with van der Waals surface area (Å²) in [7, 11) is 1.59. The Morgan fingerprint density at radius 3 is 2.88 bits per heavy atom. The Hall–Kier alpha value is -1.33. The van der Waals surface area contributed by atoms with Gasteiger partial charge in [0.1, 0.15) is 17.7 Å². The first-order valence-corrected chi connectivity index (χ1v) is 5.03. The van der Waals surface area contributed by atoms with Gasteiger partial charge in [-0.05, 0) is 12.1 Å². The second kappa shape index (κ2) is 4.67. The van der Waals surface area contributed by atoms with Gasteiger partial charge in [-0.25, -0.2) is 4.39 Å². The summed E-state index contributed by atoms with van der Waals surface area (Å²) in [5.74, 6) is -0.0466. The van der Waals surface area contributed by atoms with Crippen molar-refractivity contribution in [2.45, 2.75) is 12.2 Å². The maximum absolute atomic E-state index is 13.0. The van der Waals surface area contributed by atoms with Crippen LogP contribution in [0, 0.1) is 5.82 Å². The molecule has 0 aromatic heterocycles. The van der Waals surface area contributed by atoms with Crippen LogP contribution in [-0.4, -0.2) is 32.5 Å². The van der Waals surface area contributed by atoms with Crippen molar-refractivity contribution in [3.8, 4) is 5.75 Å². The Morgan fingerprint density at radius 2 is 2.12 bits per heavy atom. The molecule has 1 aromatic rings. The lowest BCUT2D eigenvalue weighted by molar-refractivity contribution is 0.0328. The van der Waals surface area contributed by atoms with Crippen molar-refractivity contribution in [2.24, 2.45) is 0 Å². The first kappa shape index (κ1) is 11.2. The molecule has 2 rings (SSSR count). The summed E-state index contributed by atoms with van der Waals surface area (Å²) >= 11 is 0. The topological polar surface area (TPSA) is 53.7 Å². The SMILES string of the molecule is CO[C@H]1COC[C@H]1Oc1cc(F)ccc1N. The maximum Gasteiger partial charge on any atom is 0.150 e. The quantitative estimate of drug-likeness (QED) is 0.788. The highest BCUT2D eigenvalue weighted by atomic mass is 19.1. The highest BCUT2D eigenvalue weighted by Gasteiger charge is 2.30. The van der Waals surface area contributed by atoms with E-state index in [0.717, 1.165) is 0 Å². The Balaban J connectivity index is 2.11. The Labute approximate surface area is 93.1 Å². The molecule has 0 bridgehead atoms. The summed E-state index contributed by atoms with van der Waals surface area (Å²) in [4.78, 5) is 0. The van der Waals surface area contributed by atoms with Gasteiger partial charge in [0.05, 0.1) is 18.9 Å². The van der Waals surface area contributed by atoms with Gasteiger partial charge in [0.25, 0.3) is 0 Å². The van der Waals surface area contributed by atoms with Crippen molar-refractivity contribution in [1.82, 2.24) is 0 Å². The van der Waals surface area contributed by atoms with Crippen LogP contribution in [0.15, 0.2) is 18.2 Å². The fraction of sp³-hybridized carbons (Fsp3) is 0.455. The van der Waals surface area contributed by atoms with Crippen LogP contribution in [0.25, 0.3) is 0 Å². The largest absolute Gasteiger partial charge is 0.483 e. The van der Waals surface area contributed by atoms with Crippen LogP contribution in [0.3, 0.4) is 0 Å². The van der Waals surface area contributed by atoms with Gasteiger partial charge >= 0.3 is 0 Å². The Kier molecular flexibility index (Phi) is 3.26. The highest BCUT2D eigenvalue weighted by Crippen LogP contribution is 2.25. The molecule has 4 nitrogen and oxygen atoms in total. The first-order valence-electron chi connectivity index (χ1n) is 5.03. The molecule has 2 N–H and O–H groups in total. The third kappa shape index (κ3) is 2.25. The molecule has 88 valence electrons. The molecule has 1 aliphatic heterocycles. The molecule has 1 aliphatic rings. The summed E-state index contributed by atoms with van der Waals surface area (Å²) in [6, 6.07) is 4.03. The smallest absolute Gasteiger partial charge is 0.150 e. The number of halogens is 1. The number of rotatable bonds is 3. The van der Waals surface area contributed by atoms with Gasteiger partial charge in [-0.3, -0.25) is 0 Å². The number of anilines is 1. The van der Waals surface area contributed by atoms with Crippen LogP contribution in [0.4, 0.5) is 10.1 Å². The molecule has 1 heterocycles. The van der Waals surface area contributed by atoms with Gasteiger partial charge in [-0.2, -0.15) is 0 Å². The summed E-state index contributed by atoms with van der Waals surface area (Å²) in [6.07, 6.45) is -0.378. The lowest BCUT2D eigenvalue weighted by Gasteiger charge is -2.19. The molecule has 0 amide bonds. The number of ether oxygens (including phenoxy) is 3. The summed E-state index contributed by atoms with van der Waals surface area (Å²) in [6.45, 7) is 0.908. The fourth-order valence-corrected chi connectivity index (χ4v) is 1.62. The molecule has 1 fully saturated rings. The van der Waals surface area contributed by atoms with E-state index in [4.69, 9.17) is 19.9 Å². The molecular weight excluding hydrogens is 213 g/mol. The standard InChI is InChI=1S/C11H14FNO3/c1-14-10-5-15-6-11(10)16-9-4-7(12)2-3-8(9)13/h2-4,10-11H,5-6,13H2,1H3/t10-,11+/m0/s1.